The molecule has 0 aliphatic heterocycles. The monoisotopic (exact) mass is 444 g/mol. The fourth-order valence-corrected chi connectivity index (χ4v) is 3.46. The van der Waals surface area contributed by atoms with E-state index in [1.165, 1.54) is 6.92 Å². The van der Waals surface area contributed by atoms with Crippen molar-refractivity contribution in [2.75, 3.05) is 6.61 Å². The van der Waals surface area contributed by atoms with Crippen molar-refractivity contribution in [3.63, 3.8) is 0 Å². The van der Waals surface area contributed by atoms with Crippen LogP contribution in [0.3, 0.4) is 0 Å². The molecular formula is C27H28N2O4. The zero-order valence-electron chi connectivity index (χ0n) is 18.6. The molecule has 0 bridgehead atoms. The molecule has 2 N–H and O–H groups in total. The number of amides is 2. The van der Waals surface area contributed by atoms with Gasteiger partial charge < -0.3 is 15.4 Å². The first-order chi connectivity index (χ1) is 16.0. The molecule has 170 valence electrons. The van der Waals surface area contributed by atoms with Crippen LogP contribution in [0, 0.1) is 0 Å². The molecule has 0 radical (unpaired) electrons. The molecule has 3 rings (SSSR count). The summed E-state index contributed by atoms with van der Waals surface area (Å²) in [6, 6.07) is 26.7. The summed E-state index contributed by atoms with van der Waals surface area (Å²) in [5, 5.41) is 5.82. The van der Waals surface area contributed by atoms with Crippen molar-refractivity contribution >= 4 is 17.8 Å². The normalized spacial score (nSPS) is 12.3. The van der Waals surface area contributed by atoms with Gasteiger partial charge in [0.25, 0.3) is 5.91 Å². The highest BCUT2D eigenvalue weighted by Crippen LogP contribution is 2.08. The topological polar surface area (TPSA) is 84.5 Å². The molecule has 6 nitrogen and oxygen atoms in total. The second-order valence-corrected chi connectivity index (χ2v) is 7.78. The molecule has 0 aromatic heterocycles. The average Bonchev–Trinajstić information content (AvgIpc) is 2.84. The van der Waals surface area contributed by atoms with E-state index in [-0.39, 0.29) is 18.4 Å². The molecule has 2 amide bonds. The third kappa shape index (κ3) is 7.92. The molecular weight excluding hydrogens is 416 g/mol. The Hall–Kier alpha value is -3.93. The van der Waals surface area contributed by atoms with E-state index in [9.17, 15) is 14.4 Å². The first kappa shape index (κ1) is 23.7. The number of nitrogens with one attached hydrogen (secondary N) is 2. The Morgan fingerprint density at radius 3 is 1.79 bits per heavy atom. The number of ether oxygens (including phenoxy) is 1. The van der Waals surface area contributed by atoms with Crippen LogP contribution < -0.4 is 10.6 Å². The molecule has 0 saturated carbocycles. The van der Waals surface area contributed by atoms with E-state index >= 15 is 0 Å². The van der Waals surface area contributed by atoms with E-state index < -0.39 is 18.1 Å². The van der Waals surface area contributed by atoms with Crippen molar-refractivity contribution in [3.8, 4) is 0 Å². The summed E-state index contributed by atoms with van der Waals surface area (Å²) in [5.41, 5.74) is 2.40. The van der Waals surface area contributed by atoms with Crippen molar-refractivity contribution in [1.82, 2.24) is 10.6 Å². The molecule has 3 aromatic rings. The number of benzene rings is 3. The largest absolute Gasteiger partial charge is 0.464 e. The predicted molar refractivity (Wildman–Crippen MR) is 127 cm³/mol. The Bertz CT molecular complexity index is 1040. The van der Waals surface area contributed by atoms with Gasteiger partial charge in [0.05, 0.1) is 6.04 Å². The fraction of sp³-hybridized carbons (Fsp3) is 0.222. The number of hydrogen-bond donors (Lipinski definition) is 2. The molecule has 6 heteroatoms. The Kier molecular flexibility index (Phi) is 8.77. The van der Waals surface area contributed by atoms with E-state index in [2.05, 4.69) is 10.6 Å². The minimum absolute atomic E-state index is 0.0423. The van der Waals surface area contributed by atoms with Crippen molar-refractivity contribution in [2.24, 2.45) is 0 Å². The van der Waals surface area contributed by atoms with Crippen LogP contribution in [0.4, 0.5) is 0 Å². The maximum Gasteiger partial charge on any atom is 0.302 e. The van der Waals surface area contributed by atoms with Crippen molar-refractivity contribution in [2.45, 2.75) is 31.8 Å². The van der Waals surface area contributed by atoms with E-state index in [1.54, 1.807) is 24.3 Å². The maximum atomic E-state index is 13.3. The summed E-state index contributed by atoms with van der Waals surface area (Å²) in [6.45, 7) is 1.38. The van der Waals surface area contributed by atoms with E-state index in [0.29, 0.717) is 18.4 Å². The lowest BCUT2D eigenvalue weighted by molar-refractivity contribution is -0.142. The van der Waals surface area contributed by atoms with E-state index in [4.69, 9.17) is 4.74 Å². The number of carbonyl (C=O) groups excluding carboxylic acids is 3. The summed E-state index contributed by atoms with van der Waals surface area (Å²) in [4.78, 5) is 37.4. The van der Waals surface area contributed by atoms with E-state index in [0.717, 1.165) is 11.1 Å². The van der Waals surface area contributed by atoms with Crippen LogP contribution in [0.1, 0.15) is 28.4 Å². The molecule has 0 spiro atoms. The smallest absolute Gasteiger partial charge is 0.302 e. The zero-order valence-corrected chi connectivity index (χ0v) is 18.6. The Balaban J connectivity index is 1.76. The lowest BCUT2D eigenvalue weighted by Gasteiger charge is -2.24. The molecule has 0 heterocycles. The van der Waals surface area contributed by atoms with Gasteiger partial charge in [-0.1, -0.05) is 78.9 Å². The number of rotatable bonds is 10. The number of esters is 1. The van der Waals surface area contributed by atoms with Crippen LogP contribution in [0.25, 0.3) is 0 Å². The minimum Gasteiger partial charge on any atom is -0.464 e. The SMILES string of the molecule is CC(=O)OC[C@H](Cc1ccccc1)NC(=O)[C@@H](Cc1ccccc1)NC(=O)c1ccccc1. The van der Waals surface area contributed by atoms with Gasteiger partial charge in [0.1, 0.15) is 12.6 Å². The molecule has 0 aliphatic rings. The third-order valence-corrected chi connectivity index (χ3v) is 5.10. The van der Waals surface area contributed by atoms with Gasteiger partial charge in [0.15, 0.2) is 0 Å². The van der Waals surface area contributed by atoms with Gasteiger partial charge in [-0.15, -0.1) is 0 Å². The fourth-order valence-electron chi connectivity index (χ4n) is 3.46. The van der Waals surface area contributed by atoms with Gasteiger partial charge in [0.2, 0.25) is 5.91 Å². The standard InChI is InChI=1S/C27H28N2O4/c1-20(30)33-19-24(17-21-11-5-2-6-12-21)28-27(32)25(18-22-13-7-3-8-14-22)29-26(31)23-15-9-4-10-16-23/h2-16,24-25H,17-19H2,1H3,(H,28,32)(H,29,31)/t24-,25+/m0/s1. The summed E-state index contributed by atoms with van der Waals surface area (Å²) >= 11 is 0. The summed E-state index contributed by atoms with van der Waals surface area (Å²) in [5.74, 6) is -1.08. The van der Waals surface area contributed by atoms with Gasteiger partial charge in [0, 0.05) is 18.9 Å². The highest BCUT2D eigenvalue weighted by atomic mass is 16.5. The second kappa shape index (κ2) is 12.2. The number of hydrogen-bond acceptors (Lipinski definition) is 4. The van der Waals surface area contributed by atoms with Gasteiger partial charge in [-0.2, -0.15) is 0 Å². The lowest BCUT2D eigenvalue weighted by atomic mass is 10.0. The number of carbonyl (C=O) groups is 3. The summed E-state index contributed by atoms with van der Waals surface area (Å²) in [7, 11) is 0. The highest BCUT2D eigenvalue weighted by molar-refractivity contribution is 5.97. The van der Waals surface area contributed by atoms with Crippen molar-refractivity contribution in [1.29, 1.82) is 0 Å². The zero-order chi connectivity index (χ0) is 23.5. The van der Waals surface area contributed by atoms with Gasteiger partial charge in [-0.05, 0) is 29.7 Å². The molecule has 0 fully saturated rings. The highest BCUT2D eigenvalue weighted by Gasteiger charge is 2.25. The van der Waals surface area contributed by atoms with Crippen LogP contribution in [-0.2, 0) is 27.2 Å². The first-order valence-electron chi connectivity index (χ1n) is 10.9. The average molecular weight is 445 g/mol. The van der Waals surface area contributed by atoms with Crippen LogP contribution in [0.5, 0.6) is 0 Å². The minimum atomic E-state index is -0.796. The van der Waals surface area contributed by atoms with Crippen LogP contribution in [-0.4, -0.2) is 36.5 Å². The van der Waals surface area contributed by atoms with Crippen LogP contribution in [0.2, 0.25) is 0 Å². The molecule has 0 unspecified atom stereocenters. The van der Waals surface area contributed by atoms with Gasteiger partial charge in [-0.3, -0.25) is 14.4 Å². The van der Waals surface area contributed by atoms with Crippen molar-refractivity contribution in [3.05, 3.63) is 108 Å². The molecule has 0 saturated heterocycles. The predicted octanol–water partition coefficient (Wildman–Crippen LogP) is 3.32. The molecule has 3 aromatic carbocycles. The van der Waals surface area contributed by atoms with Gasteiger partial charge in [-0.25, -0.2) is 0 Å². The Morgan fingerprint density at radius 1 is 0.727 bits per heavy atom. The molecule has 33 heavy (non-hydrogen) atoms. The van der Waals surface area contributed by atoms with Gasteiger partial charge >= 0.3 is 5.97 Å². The lowest BCUT2D eigenvalue weighted by Crippen LogP contribution is -2.52. The Morgan fingerprint density at radius 2 is 1.24 bits per heavy atom. The summed E-state index contributed by atoms with van der Waals surface area (Å²) in [6.07, 6.45) is 0.821. The second-order valence-electron chi connectivity index (χ2n) is 7.78. The quantitative estimate of drug-likeness (QED) is 0.470. The Labute approximate surface area is 194 Å². The van der Waals surface area contributed by atoms with Crippen molar-refractivity contribution < 1.29 is 19.1 Å². The van der Waals surface area contributed by atoms with Crippen LogP contribution in [0.15, 0.2) is 91.0 Å². The van der Waals surface area contributed by atoms with E-state index in [1.807, 2.05) is 66.7 Å². The molecule has 2 atom stereocenters. The molecule has 0 aliphatic carbocycles. The first-order valence-corrected chi connectivity index (χ1v) is 10.9. The maximum absolute atomic E-state index is 13.3. The summed E-state index contributed by atoms with van der Waals surface area (Å²) < 4.78 is 5.18. The third-order valence-electron chi connectivity index (χ3n) is 5.10. The van der Waals surface area contributed by atoms with Crippen LogP contribution >= 0.6 is 0 Å².